The van der Waals surface area contributed by atoms with Gasteiger partial charge >= 0.3 is 0 Å². The Kier molecular flexibility index (Phi) is 8.07. The van der Waals surface area contributed by atoms with Crippen molar-refractivity contribution in [3.05, 3.63) is 72.1 Å². The molecule has 2 aromatic carbocycles. The predicted molar refractivity (Wildman–Crippen MR) is 150 cm³/mol. The van der Waals surface area contributed by atoms with Gasteiger partial charge in [0.2, 0.25) is 17.7 Å². The van der Waals surface area contributed by atoms with Gasteiger partial charge in [0, 0.05) is 55.5 Å². The number of nitrogens with two attached hydrogens (primary N) is 2. The topological polar surface area (TPSA) is 135 Å². The van der Waals surface area contributed by atoms with Gasteiger partial charge in [-0.2, -0.15) is 0 Å². The number of pyridine rings is 1. The summed E-state index contributed by atoms with van der Waals surface area (Å²) in [6.45, 7) is 2.27. The average molecular weight is 529 g/mol. The molecule has 3 atom stereocenters. The number of likely N-dealkylation sites (tertiary alicyclic amines) is 2. The van der Waals surface area contributed by atoms with Gasteiger partial charge in [0.15, 0.2) is 0 Å². The molecule has 0 aliphatic carbocycles. The Labute approximate surface area is 228 Å². The van der Waals surface area contributed by atoms with Crippen molar-refractivity contribution in [2.45, 2.75) is 56.7 Å². The number of nitrogens with one attached hydrogen (secondary N) is 1. The van der Waals surface area contributed by atoms with E-state index < -0.39 is 12.1 Å². The van der Waals surface area contributed by atoms with E-state index in [-0.39, 0.29) is 36.5 Å². The summed E-state index contributed by atoms with van der Waals surface area (Å²) in [6, 6.07) is 14.3. The van der Waals surface area contributed by atoms with Crippen LogP contribution in [0.5, 0.6) is 0 Å². The number of nitrogens with zero attached hydrogens (tertiary/aromatic N) is 3. The van der Waals surface area contributed by atoms with Crippen LogP contribution in [0, 0.1) is 0 Å². The van der Waals surface area contributed by atoms with E-state index in [9.17, 15) is 14.4 Å². The summed E-state index contributed by atoms with van der Waals surface area (Å²) in [5.41, 5.74) is 15.0. The van der Waals surface area contributed by atoms with Gasteiger partial charge in [-0.15, -0.1) is 0 Å². The summed E-state index contributed by atoms with van der Waals surface area (Å²) >= 11 is 0. The Morgan fingerprint density at radius 1 is 1.05 bits per heavy atom. The van der Waals surface area contributed by atoms with E-state index in [0.29, 0.717) is 25.2 Å². The lowest BCUT2D eigenvalue weighted by Crippen LogP contribution is -2.51. The third kappa shape index (κ3) is 6.04. The Bertz CT molecular complexity index is 1340. The van der Waals surface area contributed by atoms with Crippen LogP contribution in [0.15, 0.2) is 60.9 Å². The molecule has 9 heteroatoms. The summed E-state index contributed by atoms with van der Waals surface area (Å²) in [5, 5.41) is 4.83. The summed E-state index contributed by atoms with van der Waals surface area (Å²) in [5.74, 6) is -0.434. The van der Waals surface area contributed by atoms with Crippen LogP contribution in [0.1, 0.15) is 49.1 Å². The highest BCUT2D eigenvalue weighted by Gasteiger charge is 2.41. The van der Waals surface area contributed by atoms with Crippen LogP contribution in [-0.2, 0) is 20.9 Å². The molecule has 204 valence electrons. The molecule has 39 heavy (non-hydrogen) atoms. The molecule has 2 fully saturated rings. The number of carbonyl (C=O) groups is 3. The summed E-state index contributed by atoms with van der Waals surface area (Å²) < 4.78 is 0. The van der Waals surface area contributed by atoms with Crippen molar-refractivity contribution in [2.75, 3.05) is 25.4 Å². The molecule has 3 unspecified atom stereocenters. The van der Waals surface area contributed by atoms with Crippen molar-refractivity contribution in [2.24, 2.45) is 5.73 Å². The number of nitrogen functional groups attached to an aromatic ring is 1. The Morgan fingerprint density at radius 3 is 2.59 bits per heavy atom. The third-order valence-corrected chi connectivity index (χ3v) is 7.93. The monoisotopic (exact) mass is 528 g/mol. The molecule has 3 aromatic rings. The minimum Gasteiger partial charge on any atom is -0.397 e. The second kappa shape index (κ2) is 11.8. The average Bonchev–Trinajstić information content (AvgIpc) is 3.66. The third-order valence-electron chi connectivity index (χ3n) is 7.93. The number of hydrogen-bond acceptors (Lipinski definition) is 6. The fourth-order valence-electron chi connectivity index (χ4n) is 5.69. The number of aromatic nitrogens is 1. The molecule has 3 heterocycles. The molecule has 5 N–H and O–H groups in total. The number of anilines is 1. The number of fused-ring (bicyclic) bond motifs is 1. The van der Waals surface area contributed by atoms with Gasteiger partial charge in [0.05, 0.1) is 17.9 Å². The molecular weight excluding hydrogens is 492 g/mol. The molecule has 0 spiro atoms. The van der Waals surface area contributed by atoms with Gasteiger partial charge in [0.1, 0.15) is 6.04 Å². The molecular formula is C30H36N6O3. The van der Waals surface area contributed by atoms with E-state index in [4.69, 9.17) is 11.5 Å². The highest BCUT2D eigenvalue weighted by molar-refractivity contribution is 5.93. The lowest BCUT2D eigenvalue weighted by molar-refractivity contribution is -0.140. The van der Waals surface area contributed by atoms with Crippen molar-refractivity contribution in [3.63, 3.8) is 0 Å². The van der Waals surface area contributed by atoms with Crippen LogP contribution in [0.2, 0.25) is 0 Å². The Hall–Kier alpha value is -3.98. The first-order valence-electron chi connectivity index (χ1n) is 13.7. The highest BCUT2D eigenvalue weighted by Crippen LogP contribution is 2.32. The number of hydrogen-bond donors (Lipinski definition) is 3. The maximum absolute atomic E-state index is 13.5. The number of benzene rings is 2. The van der Waals surface area contributed by atoms with E-state index in [2.05, 4.69) is 10.3 Å². The number of amides is 3. The van der Waals surface area contributed by atoms with Gasteiger partial charge in [-0.3, -0.25) is 19.4 Å². The van der Waals surface area contributed by atoms with Crippen molar-refractivity contribution in [1.82, 2.24) is 20.1 Å². The van der Waals surface area contributed by atoms with E-state index in [1.807, 2.05) is 53.4 Å². The first kappa shape index (κ1) is 26.6. The van der Waals surface area contributed by atoms with Gasteiger partial charge in [0.25, 0.3) is 0 Å². The van der Waals surface area contributed by atoms with Crippen molar-refractivity contribution in [1.29, 1.82) is 0 Å². The fourth-order valence-corrected chi connectivity index (χ4v) is 5.69. The maximum atomic E-state index is 13.5. The summed E-state index contributed by atoms with van der Waals surface area (Å²) in [7, 11) is 0. The minimum atomic E-state index is -0.835. The second-order valence-electron chi connectivity index (χ2n) is 10.6. The van der Waals surface area contributed by atoms with E-state index in [1.165, 1.54) is 0 Å². The van der Waals surface area contributed by atoms with E-state index >= 15 is 0 Å². The molecule has 0 saturated carbocycles. The molecule has 0 radical (unpaired) electrons. The molecule has 9 nitrogen and oxygen atoms in total. The smallest absolute Gasteiger partial charge is 0.243 e. The van der Waals surface area contributed by atoms with E-state index in [0.717, 1.165) is 47.8 Å². The van der Waals surface area contributed by atoms with E-state index in [1.54, 1.807) is 17.3 Å². The van der Waals surface area contributed by atoms with Crippen molar-refractivity contribution in [3.8, 4) is 0 Å². The standard InChI is InChI=1S/C30H36N6O3/c31-25(10-11-28(37)35-12-4-5-13-35)30(39)36-19-23(21-6-2-1-3-7-21)15-27(36)29(38)34-16-20-8-9-22-17-33-18-26(32)24(22)14-20/h1-3,6-9,14,17-18,23,25,27H,4-5,10-13,15-16,19,31-32H2,(H,34,38). The van der Waals surface area contributed by atoms with Crippen LogP contribution in [0.25, 0.3) is 10.8 Å². The normalized spacial score (nSPS) is 19.8. The van der Waals surface area contributed by atoms with Gasteiger partial charge < -0.3 is 26.6 Å². The second-order valence-corrected chi connectivity index (χ2v) is 10.6. The van der Waals surface area contributed by atoms with Crippen molar-refractivity contribution >= 4 is 34.2 Å². The predicted octanol–water partition coefficient (Wildman–Crippen LogP) is 2.55. The lowest BCUT2D eigenvalue weighted by Gasteiger charge is -2.27. The van der Waals surface area contributed by atoms with Crippen molar-refractivity contribution < 1.29 is 14.4 Å². The SMILES string of the molecule is Nc1cncc2ccc(CNC(=O)C3CC(c4ccccc4)CN3C(=O)C(N)CCC(=O)N3CCCC3)cc12. The molecule has 2 aliphatic heterocycles. The van der Waals surface area contributed by atoms with Crippen LogP contribution in [-0.4, -0.2) is 64.2 Å². The molecule has 5 rings (SSSR count). The van der Waals surface area contributed by atoms with Gasteiger partial charge in [-0.05, 0) is 42.9 Å². The zero-order valence-electron chi connectivity index (χ0n) is 22.1. The fraction of sp³-hybridized carbons (Fsp3) is 0.400. The van der Waals surface area contributed by atoms with Crippen LogP contribution < -0.4 is 16.8 Å². The van der Waals surface area contributed by atoms with Crippen LogP contribution in [0.4, 0.5) is 5.69 Å². The minimum absolute atomic E-state index is 0.0253. The number of rotatable bonds is 8. The summed E-state index contributed by atoms with van der Waals surface area (Å²) in [4.78, 5) is 47.0. The molecule has 2 saturated heterocycles. The number of carbonyl (C=O) groups excluding carboxylic acids is 3. The molecule has 0 bridgehead atoms. The van der Waals surface area contributed by atoms with Crippen LogP contribution in [0.3, 0.4) is 0 Å². The molecule has 1 aromatic heterocycles. The van der Waals surface area contributed by atoms with Crippen LogP contribution >= 0.6 is 0 Å². The molecule has 3 amide bonds. The zero-order valence-corrected chi connectivity index (χ0v) is 22.1. The first-order valence-corrected chi connectivity index (χ1v) is 13.7. The lowest BCUT2D eigenvalue weighted by atomic mass is 9.96. The maximum Gasteiger partial charge on any atom is 0.243 e. The Balaban J connectivity index is 1.27. The van der Waals surface area contributed by atoms with Gasteiger partial charge in [-0.25, -0.2) is 0 Å². The largest absolute Gasteiger partial charge is 0.397 e. The van der Waals surface area contributed by atoms with Gasteiger partial charge in [-0.1, -0.05) is 42.5 Å². The molecule has 2 aliphatic rings. The first-order chi connectivity index (χ1) is 18.9. The zero-order chi connectivity index (χ0) is 27.4. The highest BCUT2D eigenvalue weighted by atomic mass is 16.2. The summed E-state index contributed by atoms with van der Waals surface area (Å²) in [6.07, 6.45) is 6.41. The Morgan fingerprint density at radius 2 is 1.82 bits per heavy atom. The quantitative estimate of drug-likeness (QED) is 0.411.